The Morgan fingerprint density at radius 1 is 1.35 bits per heavy atom. The average molecular weight is 337 g/mol. The van der Waals surface area contributed by atoms with E-state index in [1.165, 1.54) is 0 Å². The van der Waals surface area contributed by atoms with Crippen molar-refractivity contribution in [1.82, 2.24) is 0 Å². The molecule has 0 aliphatic rings. The molecular formula is C17H21BrO2. The van der Waals surface area contributed by atoms with Crippen LogP contribution < -0.4 is 0 Å². The molecule has 0 radical (unpaired) electrons. The highest BCUT2D eigenvalue weighted by atomic mass is 79.9. The smallest absolute Gasteiger partial charge is 0.338 e. The first kappa shape index (κ1) is 18.4. The Balaban J connectivity index is 0.00000172. The number of hydrogen-bond donors (Lipinski definition) is 0. The molecule has 1 rings (SSSR count). The quantitative estimate of drug-likeness (QED) is 0.543. The highest BCUT2D eigenvalue weighted by Crippen LogP contribution is 2.17. The molecule has 108 valence electrons. The van der Waals surface area contributed by atoms with Crippen molar-refractivity contribution in [2.24, 2.45) is 0 Å². The molecule has 1 aromatic rings. The third-order valence-electron chi connectivity index (χ3n) is 2.37. The molecule has 3 heteroatoms. The van der Waals surface area contributed by atoms with E-state index >= 15 is 0 Å². The number of hydrogen-bond acceptors (Lipinski definition) is 2. The molecule has 0 unspecified atom stereocenters. The SMILES string of the molecule is C=C/C=C(\C=C)COC(=O)c1ccc(Br)cc1C.CC. The molecule has 0 bridgehead atoms. The van der Waals surface area contributed by atoms with Crippen LogP contribution >= 0.6 is 15.9 Å². The zero-order valence-electron chi connectivity index (χ0n) is 12.3. The van der Waals surface area contributed by atoms with Gasteiger partial charge in [-0.15, -0.1) is 0 Å². The van der Waals surface area contributed by atoms with Crippen LogP contribution in [0.15, 0.2) is 59.6 Å². The summed E-state index contributed by atoms with van der Waals surface area (Å²) < 4.78 is 6.15. The molecule has 0 heterocycles. The predicted molar refractivity (Wildman–Crippen MR) is 89.0 cm³/mol. The number of benzene rings is 1. The van der Waals surface area contributed by atoms with Gasteiger partial charge in [0.1, 0.15) is 6.61 Å². The van der Waals surface area contributed by atoms with Gasteiger partial charge in [0.25, 0.3) is 0 Å². The van der Waals surface area contributed by atoms with Gasteiger partial charge in [0.05, 0.1) is 5.56 Å². The summed E-state index contributed by atoms with van der Waals surface area (Å²) in [5, 5.41) is 0. The monoisotopic (exact) mass is 336 g/mol. The van der Waals surface area contributed by atoms with Gasteiger partial charge in [0.15, 0.2) is 0 Å². The van der Waals surface area contributed by atoms with Crippen LogP contribution in [0.5, 0.6) is 0 Å². The van der Waals surface area contributed by atoms with E-state index in [1.807, 2.05) is 32.9 Å². The maximum atomic E-state index is 11.9. The molecule has 0 aliphatic heterocycles. The van der Waals surface area contributed by atoms with Gasteiger partial charge in [-0.2, -0.15) is 0 Å². The lowest BCUT2D eigenvalue weighted by molar-refractivity contribution is 0.0542. The Morgan fingerprint density at radius 2 is 2.00 bits per heavy atom. The summed E-state index contributed by atoms with van der Waals surface area (Å²) in [5.74, 6) is -0.336. The van der Waals surface area contributed by atoms with Crippen molar-refractivity contribution in [3.8, 4) is 0 Å². The van der Waals surface area contributed by atoms with Crippen LogP contribution in [0, 0.1) is 6.92 Å². The molecule has 20 heavy (non-hydrogen) atoms. The number of halogens is 1. The maximum absolute atomic E-state index is 11.9. The van der Waals surface area contributed by atoms with E-state index in [4.69, 9.17) is 4.74 Å². The van der Waals surface area contributed by atoms with E-state index in [1.54, 1.807) is 24.3 Å². The number of aryl methyl sites for hydroxylation is 1. The second-order valence-corrected chi connectivity index (χ2v) is 4.63. The molecule has 1 aromatic carbocycles. The normalized spacial score (nSPS) is 10.1. The Labute approximate surface area is 130 Å². The van der Waals surface area contributed by atoms with Crippen molar-refractivity contribution in [3.63, 3.8) is 0 Å². The first-order valence-corrected chi connectivity index (χ1v) is 7.25. The fraction of sp³-hybridized carbons (Fsp3) is 0.235. The van der Waals surface area contributed by atoms with Crippen molar-refractivity contribution in [3.05, 3.63) is 70.8 Å². The number of rotatable bonds is 5. The molecular weight excluding hydrogens is 316 g/mol. The fourth-order valence-electron chi connectivity index (χ4n) is 1.41. The van der Waals surface area contributed by atoms with E-state index in [9.17, 15) is 4.79 Å². The average Bonchev–Trinajstić information content (AvgIpc) is 2.45. The highest BCUT2D eigenvalue weighted by molar-refractivity contribution is 9.10. The summed E-state index contributed by atoms with van der Waals surface area (Å²) in [4.78, 5) is 11.9. The number of ether oxygens (including phenoxy) is 1. The van der Waals surface area contributed by atoms with Crippen LogP contribution in [0.2, 0.25) is 0 Å². The van der Waals surface area contributed by atoms with Crippen molar-refractivity contribution < 1.29 is 9.53 Å². The number of carbonyl (C=O) groups is 1. The molecule has 0 aliphatic carbocycles. The third kappa shape index (κ3) is 6.02. The second-order valence-electron chi connectivity index (χ2n) is 3.72. The van der Waals surface area contributed by atoms with Crippen LogP contribution in [0.3, 0.4) is 0 Å². The summed E-state index contributed by atoms with van der Waals surface area (Å²) in [6.45, 7) is 13.3. The molecule has 0 fully saturated rings. The van der Waals surface area contributed by atoms with Crippen LogP contribution in [-0.2, 0) is 4.74 Å². The number of esters is 1. The lowest BCUT2D eigenvalue weighted by atomic mass is 10.1. The molecule has 0 amide bonds. The van der Waals surface area contributed by atoms with Gasteiger partial charge in [-0.3, -0.25) is 0 Å². The van der Waals surface area contributed by atoms with Crippen LogP contribution in [0.1, 0.15) is 29.8 Å². The van der Waals surface area contributed by atoms with E-state index in [2.05, 4.69) is 29.1 Å². The van der Waals surface area contributed by atoms with Crippen LogP contribution in [0.25, 0.3) is 0 Å². The van der Waals surface area contributed by atoms with E-state index in [0.29, 0.717) is 5.56 Å². The van der Waals surface area contributed by atoms with E-state index in [-0.39, 0.29) is 12.6 Å². The molecule has 0 saturated heterocycles. The van der Waals surface area contributed by atoms with Gasteiger partial charge in [-0.25, -0.2) is 4.79 Å². The first-order valence-electron chi connectivity index (χ1n) is 6.45. The van der Waals surface area contributed by atoms with Crippen LogP contribution in [-0.4, -0.2) is 12.6 Å². The van der Waals surface area contributed by atoms with Gasteiger partial charge in [-0.1, -0.05) is 61.2 Å². The van der Waals surface area contributed by atoms with E-state index in [0.717, 1.165) is 15.6 Å². The van der Waals surface area contributed by atoms with E-state index < -0.39 is 0 Å². The minimum Gasteiger partial charge on any atom is -0.457 e. The van der Waals surface area contributed by atoms with Gasteiger partial charge >= 0.3 is 5.97 Å². The zero-order chi connectivity index (χ0) is 15.5. The lowest BCUT2D eigenvalue weighted by Crippen LogP contribution is -2.09. The van der Waals surface area contributed by atoms with Crippen molar-refractivity contribution in [2.75, 3.05) is 6.61 Å². The summed E-state index contributed by atoms with van der Waals surface area (Å²) in [5.41, 5.74) is 2.26. The number of allylic oxidation sites excluding steroid dienone is 2. The standard InChI is InChI=1S/C15H15BrO2.C2H6/c1-4-6-12(5-2)10-18-15(17)14-8-7-13(16)9-11(14)3;1-2/h4-9H,1-2,10H2,3H3;1-2H3/b12-6+;. The predicted octanol–water partition coefficient (Wildman–Crippen LogP) is 5.24. The fourth-order valence-corrected chi connectivity index (χ4v) is 1.88. The lowest BCUT2D eigenvalue weighted by Gasteiger charge is -2.07. The Morgan fingerprint density at radius 3 is 2.50 bits per heavy atom. The van der Waals surface area contributed by atoms with Crippen molar-refractivity contribution >= 4 is 21.9 Å². The van der Waals surface area contributed by atoms with Crippen molar-refractivity contribution in [1.29, 1.82) is 0 Å². The van der Waals surface area contributed by atoms with Gasteiger partial charge < -0.3 is 4.74 Å². The van der Waals surface area contributed by atoms with Gasteiger partial charge in [0, 0.05) is 4.47 Å². The summed E-state index contributed by atoms with van der Waals surface area (Å²) in [7, 11) is 0. The first-order chi connectivity index (χ1) is 9.58. The summed E-state index contributed by atoms with van der Waals surface area (Å²) >= 11 is 3.35. The maximum Gasteiger partial charge on any atom is 0.338 e. The third-order valence-corrected chi connectivity index (χ3v) is 2.87. The Kier molecular flexibility index (Phi) is 9.39. The minimum absolute atomic E-state index is 0.198. The molecule has 0 spiro atoms. The van der Waals surface area contributed by atoms with Gasteiger partial charge in [0.2, 0.25) is 0 Å². The Bertz CT molecular complexity index is 502. The van der Waals surface area contributed by atoms with Gasteiger partial charge in [-0.05, 0) is 36.3 Å². The Hall–Kier alpha value is -1.61. The molecule has 0 aromatic heterocycles. The molecule has 0 N–H and O–H groups in total. The second kappa shape index (κ2) is 10.2. The summed E-state index contributed by atoms with van der Waals surface area (Å²) in [6, 6.07) is 5.44. The topological polar surface area (TPSA) is 26.3 Å². The largest absolute Gasteiger partial charge is 0.457 e. The van der Waals surface area contributed by atoms with Crippen LogP contribution in [0.4, 0.5) is 0 Å². The molecule has 0 atom stereocenters. The zero-order valence-corrected chi connectivity index (χ0v) is 13.9. The van der Waals surface area contributed by atoms with Crippen molar-refractivity contribution in [2.45, 2.75) is 20.8 Å². The number of carbonyl (C=O) groups excluding carboxylic acids is 1. The summed E-state index contributed by atoms with van der Waals surface area (Å²) in [6.07, 6.45) is 5.04. The molecule has 0 saturated carbocycles. The molecule has 2 nitrogen and oxygen atoms in total. The minimum atomic E-state index is -0.336. The highest BCUT2D eigenvalue weighted by Gasteiger charge is 2.10.